The van der Waals surface area contributed by atoms with E-state index in [0.717, 1.165) is 58.2 Å². The highest BCUT2D eigenvalue weighted by Gasteiger charge is 2.42. The second-order valence-electron chi connectivity index (χ2n) is 5.23. The minimum absolute atomic E-state index is 0.155. The first-order valence-corrected chi connectivity index (χ1v) is 6.94. The van der Waals surface area contributed by atoms with Crippen LogP contribution in [-0.4, -0.2) is 37.2 Å². The van der Waals surface area contributed by atoms with Crippen LogP contribution in [0.1, 0.15) is 45.4 Å². The van der Waals surface area contributed by atoms with Crippen molar-refractivity contribution in [2.75, 3.05) is 26.2 Å². The molecule has 0 aliphatic carbocycles. The molecule has 0 aromatic carbocycles. The standard InChI is InChI=1S/C13H24N2O2/c1-2-5-13(6-8-14-9-7-13)12(16)15-10-3-4-11-17-15/h14H,2-11H2,1H3. The third-order valence-corrected chi connectivity index (χ3v) is 3.97. The summed E-state index contributed by atoms with van der Waals surface area (Å²) < 4.78 is 0. The zero-order valence-electron chi connectivity index (χ0n) is 10.8. The van der Waals surface area contributed by atoms with Crippen molar-refractivity contribution < 1.29 is 9.63 Å². The summed E-state index contributed by atoms with van der Waals surface area (Å²) in [5.41, 5.74) is -0.155. The Morgan fingerprint density at radius 3 is 2.71 bits per heavy atom. The van der Waals surface area contributed by atoms with Gasteiger partial charge in [0.25, 0.3) is 5.91 Å². The number of carbonyl (C=O) groups is 1. The topological polar surface area (TPSA) is 41.6 Å². The number of hydroxylamine groups is 2. The second-order valence-corrected chi connectivity index (χ2v) is 5.23. The highest BCUT2D eigenvalue weighted by Crippen LogP contribution is 2.36. The first-order chi connectivity index (χ1) is 8.28. The smallest absolute Gasteiger partial charge is 0.252 e. The number of nitrogens with one attached hydrogen (secondary N) is 1. The Morgan fingerprint density at radius 2 is 2.12 bits per heavy atom. The SMILES string of the molecule is CCCC1(C(=O)N2CCCCO2)CCNCC1. The molecule has 0 atom stereocenters. The third kappa shape index (κ3) is 2.80. The van der Waals surface area contributed by atoms with Crippen molar-refractivity contribution in [1.82, 2.24) is 10.4 Å². The summed E-state index contributed by atoms with van der Waals surface area (Å²) in [7, 11) is 0. The summed E-state index contributed by atoms with van der Waals surface area (Å²) in [4.78, 5) is 18.2. The van der Waals surface area contributed by atoms with E-state index < -0.39 is 0 Å². The molecule has 0 radical (unpaired) electrons. The van der Waals surface area contributed by atoms with Gasteiger partial charge in [0.15, 0.2) is 0 Å². The average molecular weight is 240 g/mol. The lowest BCUT2D eigenvalue weighted by Gasteiger charge is -2.40. The molecule has 2 rings (SSSR count). The van der Waals surface area contributed by atoms with Crippen LogP contribution in [0.3, 0.4) is 0 Å². The quantitative estimate of drug-likeness (QED) is 0.816. The normalized spacial score (nSPS) is 24.6. The molecular weight excluding hydrogens is 216 g/mol. The molecule has 4 heteroatoms. The summed E-state index contributed by atoms with van der Waals surface area (Å²) >= 11 is 0. The van der Waals surface area contributed by atoms with E-state index in [1.54, 1.807) is 5.06 Å². The number of rotatable bonds is 3. The third-order valence-electron chi connectivity index (χ3n) is 3.97. The zero-order valence-corrected chi connectivity index (χ0v) is 10.8. The maximum Gasteiger partial charge on any atom is 0.252 e. The molecule has 0 saturated carbocycles. The molecule has 1 N–H and O–H groups in total. The molecule has 17 heavy (non-hydrogen) atoms. The van der Waals surface area contributed by atoms with Gasteiger partial charge in [-0.25, -0.2) is 5.06 Å². The van der Waals surface area contributed by atoms with E-state index in [9.17, 15) is 4.79 Å². The lowest BCUT2D eigenvalue weighted by atomic mass is 9.74. The van der Waals surface area contributed by atoms with Gasteiger partial charge in [-0.1, -0.05) is 13.3 Å². The van der Waals surface area contributed by atoms with Crippen LogP contribution in [0.2, 0.25) is 0 Å². The first-order valence-electron chi connectivity index (χ1n) is 6.94. The molecular formula is C13H24N2O2. The van der Waals surface area contributed by atoms with E-state index in [1.807, 2.05) is 0 Å². The first kappa shape index (κ1) is 12.8. The summed E-state index contributed by atoms with van der Waals surface area (Å²) in [6.45, 7) is 5.55. The van der Waals surface area contributed by atoms with E-state index in [0.29, 0.717) is 6.61 Å². The van der Waals surface area contributed by atoms with Crippen molar-refractivity contribution in [3.63, 3.8) is 0 Å². The van der Waals surface area contributed by atoms with Gasteiger partial charge in [-0.05, 0) is 45.2 Å². The number of nitrogens with zero attached hydrogens (tertiary/aromatic N) is 1. The number of amides is 1. The number of hydrogen-bond acceptors (Lipinski definition) is 3. The van der Waals surface area contributed by atoms with Gasteiger partial charge in [0.1, 0.15) is 0 Å². The predicted octanol–water partition coefficient (Wildman–Crippen LogP) is 1.71. The highest BCUT2D eigenvalue weighted by atomic mass is 16.7. The van der Waals surface area contributed by atoms with Gasteiger partial charge in [0.05, 0.1) is 12.0 Å². The van der Waals surface area contributed by atoms with Crippen LogP contribution in [0.25, 0.3) is 0 Å². The van der Waals surface area contributed by atoms with Gasteiger partial charge in [-0.15, -0.1) is 0 Å². The Kier molecular flexibility index (Phi) is 4.40. The van der Waals surface area contributed by atoms with Crippen molar-refractivity contribution in [3.8, 4) is 0 Å². The predicted molar refractivity (Wildman–Crippen MR) is 66.3 cm³/mol. The molecule has 2 saturated heterocycles. The van der Waals surface area contributed by atoms with Crippen molar-refractivity contribution >= 4 is 5.91 Å². The molecule has 2 heterocycles. The van der Waals surface area contributed by atoms with Gasteiger partial charge in [0.2, 0.25) is 0 Å². The lowest BCUT2D eigenvalue weighted by molar-refractivity contribution is -0.209. The molecule has 1 amide bonds. The Bertz CT molecular complexity index is 251. The summed E-state index contributed by atoms with van der Waals surface area (Å²) in [5, 5.41) is 4.99. The van der Waals surface area contributed by atoms with Crippen LogP contribution in [0, 0.1) is 5.41 Å². The van der Waals surface area contributed by atoms with Gasteiger partial charge in [-0.2, -0.15) is 0 Å². The van der Waals surface area contributed by atoms with Crippen LogP contribution in [0.4, 0.5) is 0 Å². The molecule has 2 aliphatic heterocycles. The van der Waals surface area contributed by atoms with Crippen molar-refractivity contribution in [3.05, 3.63) is 0 Å². The van der Waals surface area contributed by atoms with Crippen molar-refractivity contribution in [2.24, 2.45) is 5.41 Å². The van der Waals surface area contributed by atoms with Crippen molar-refractivity contribution in [2.45, 2.75) is 45.4 Å². The molecule has 98 valence electrons. The van der Waals surface area contributed by atoms with Crippen LogP contribution >= 0.6 is 0 Å². The second kappa shape index (κ2) is 5.83. The molecule has 0 bridgehead atoms. The highest BCUT2D eigenvalue weighted by molar-refractivity contribution is 5.82. The van der Waals surface area contributed by atoms with Gasteiger partial charge in [0, 0.05) is 6.54 Å². The van der Waals surface area contributed by atoms with E-state index in [2.05, 4.69) is 12.2 Å². The largest absolute Gasteiger partial charge is 0.317 e. The van der Waals surface area contributed by atoms with Gasteiger partial charge >= 0.3 is 0 Å². The van der Waals surface area contributed by atoms with Crippen LogP contribution < -0.4 is 5.32 Å². The summed E-state index contributed by atoms with van der Waals surface area (Å²) in [5.74, 6) is 0.237. The molecule has 0 spiro atoms. The molecule has 2 aliphatic rings. The summed E-state index contributed by atoms with van der Waals surface area (Å²) in [6, 6.07) is 0. The Labute approximate surface area is 104 Å². The van der Waals surface area contributed by atoms with E-state index in [1.165, 1.54) is 0 Å². The van der Waals surface area contributed by atoms with Crippen molar-refractivity contribution in [1.29, 1.82) is 0 Å². The Hall–Kier alpha value is -0.610. The Morgan fingerprint density at radius 1 is 1.35 bits per heavy atom. The molecule has 4 nitrogen and oxygen atoms in total. The maximum absolute atomic E-state index is 12.6. The van der Waals surface area contributed by atoms with E-state index >= 15 is 0 Å². The maximum atomic E-state index is 12.6. The number of hydrogen-bond donors (Lipinski definition) is 1. The summed E-state index contributed by atoms with van der Waals surface area (Å²) in [6.07, 6.45) is 6.13. The molecule has 0 aromatic rings. The van der Waals surface area contributed by atoms with Crippen LogP contribution in [0.5, 0.6) is 0 Å². The molecule has 0 unspecified atom stereocenters. The molecule has 2 fully saturated rings. The monoisotopic (exact) mass is 240 g/mol. The Balaban J connectivity index is 2.05. The van der Waals surface area contributed by atoms with E-state index in [-0.39, 0.29) is 11.3 Å². The van der Waals surface area contributed by atoms with Crippen LogP contribution in [0.15, 0.2) is 0 Å². The average Bonchev–Trinajstić information content (AvgIpc) is 2.40. The fourth-order valence-electron chi connectivity index (χ4n) is 2.98. The van der Waals surface area contributed by atoms with Gasteiger partial charge < -0.3 is 5.32 Å². The van der Waals surface area contributed by atoms with Gasteiger partial charge in [-0.3, -0.25) is 9.63 Å². The molecule has 0 aromatic heterocycles. The fourth-order valence-corrected chi connectivity index (χ4v) is 2.98. The fraction of sp³-hybridized carbons (Fsp3) is 0.923. The van der Waals surface area contributed by atoms with Crippen LogP contribution in [-0.2, 0) is 9.63 Å². The zero-order chi connectivity index (χ0) is 12.1. The minimum Gasteiger partial charge on any atom is -0.317 e. The number of carbonyl (C=O) groups excluding carboxylic acids is 1. The van der Waals surface area contributed by atoms with E-state index in [4.69, 9.17) is 4.84 Å². The minimum atomic E-state index is -0.155. The lowest BCUT2D eigenvalue weighted by Crippen LogP contribution is -2.50. The number of piperidine rings is 1.